The lowest BCUT2D eigenvalue weighted by molar-refractivity contribution is -0.140. The smallest absolute Gasteiger partial charge is 0.243 e. The second-order valence-electron chi connectivity index (χ2n) is 7.37. The molecule has 0 saturated carbocycles. The molecule has 0 aliphatic rings. The maximum Gasteiger partial charge on any atom is 0.243 e. The van der Waals surface area contributed by atoms with Crippen LogP contribution in [0.15, 0.2) is 54.6 Å². The van der Waals surface area contributed by atoms with Crippen molar-refractivity contribution in [3.05, 3.63) is 70.7 Å². The molecule has 4 nitrogen and oxygen atoms in total. The molecule has 29 heavy (non-hydrogen) atoms. The van der Waals surface area contributed by atoms with Crippen molar-refractivity contribution in [1.82, 2.24) is 10.2 Å². The summed E-state index contributed by atoms with van der Waals surface area (Å²) in [4.78, 5) is 27.8. The molecule has 0 spiro atoms. The summed E-state index contributed by atoms with van der Waals surface area (Å²) in [5, 5.41) is 3.64. The zero-order valence-electron chi connectivity index (χ0n) is 17.5. The van der Waals surface area contributed by atoms with Crippen molar-refractivity contribution < 1.29 is 9.59 Å². The lowest BCUT2D eigenvalue weighted by atomic mass is 10.1. The summed E-state index contributed by atoms with van der Waals surface area (Å²) in [5.41, 5.74) is 2.00. The number of carbonyl (C=O) groups excluding carboxylic acids is 2. The third-order valence-corrected chi connectivity index (χ3v) is 5.35. The van der Waals surface area contributed by atoms with E-state index < -0.39 is 6.04 Å². The van der Waals surface area contributed by atoms with Gasteiger partial charge in [-0.25, -0.2) is 0 Å². The van der Waals surface area contributed by atoms with Gasteiger partial charge in [0.2, 0.25) is 11.8 Å². The van der Waals surface area contributed by atoms with E-state index in [1.165, 1.54) is 0 Å². The molecule has 2 amide bonds. The second-order valence-corrected chi connectivity index (χ2v) is 7.81. The first kappa shape index (κ1) is 23.0. The van der Waals surface area contributed by atoms with Crippen LogP contribution in [0, 0.1) is 0 Å². The molecule has 0 aromatic heterocycles. The first-order valence-corrected chi connectivity index (χ1v) is 10.7. The van der Waals surface area contributed by atoms with Crippen LogP contribution in [0.1, 0.15) is 44.7 Å². The molecule has 0 saturated heterocycles. The molecule has 0 aliphatic heterocycles. The number of nitrogens with zero attached hydrogens (tertiary/aromatic N) is 1. The van der Waals surface area contributed by atoms with Crippen molar-refractivity contribution in [2.45, 2.75) is 58.5 Å². The minimum Gasteiger partial charge on any atom is -0.352 e. The number of hydrogen-bond donors (Lipinski definition) is 1. The number of hydrogen-bond acceptors (Lipinski definition) is 2. The standard InChI is InChI=1S/C24H31ClN2O2/c1-4-18(3)26-24(29)22(5-2)27(15-14-19-10-7-6-8-11-19)23(28)17-20-12-9-13-21(25)16-20/h6-13,16,18,22H,4-5,14-15,17H2,1-3H3,(H,26,29)/t18-,22+/m1/s1. The van der Waals surface area contributed by atoms with Crippen LogP contribution >= 0.6 is 11.6 Å². The molecule has 0 unspecified atom stereocenters. The molecule has 0 aliphatic carbocycles. The topological polar surface area (TPSA) is 49.4 Å². The zero-order chi connectivity index (χ0) is 21.2. The number of nitrogens with one attached hydrogen (secondary N) is 1. The van der Waals surface area contributed by atoms with Gasteiger partial charge >= 0.3 is 0 Å². The van der Waals surface area contributed by atoms with Crippen molar-refractivity contribution >= 4 is 23.4 Å². The van der Waals surface area contributed by atoms with Crippen molar-refractivity contribution in [1.29, 1.82) is 0 Å². The Bertz CT molecular complexity index is 794. The first-order valence-electron chi connectivity index (χ1n) is 10.3. The van der Waals surface area contributed by atoms with Gasteiger partial charge in [-0.2, -0.15) is 0 Å². The normalized spacial score (nSPS) is 12.8. The molecule has 2 rings (SSSR count). The molecular formula is C24H31ClN2O2. The van der Waals surface area contributed by atoms with E-state index in [-0.39, 0.29) is 24.3 Å². The van der Waals surface area contributed by atoms with Crippen molar-refractivity contribution in [2.24, 2.45) is 0 Å². The maximum absolute atomic E-state index is 13.2. The van der Waals surface area contributed by atoms with E-state index in [0.717, 1.165) is 17.5 Å². The summed E-state index contributed by atoms with van der Waals surface area (Å²) in [5.74, 6) is -0.149. The Morgan fingerprint density at radius 2 is 1.69 bits per heavy atom. The van der Waals surface area contributed by atoms with Crippen LogP contribution in [0.25, 0.3) is 0 Å². The minimum absolute atomic E-state index is 0.0608. The van der Waals surface area contributed by atoms with E-state index >= 15 is 0 Å². The lowest BCUT2D eigenvalue weighted by Crippen LogP contribution is -2.52. The Morgan fingerprint density at radius 3 is 2.31 bits per heavy atom. The Labute approximate surface area is 179 Å². The summed E-state index contributed by atoms with van der Waals surface area (Å²) >= 11 is 6.07. The van der Waals surface area contributed by atoms with Gasteiger partial charge < -0.3 is 10.2 Å². The number of amides is 2. The quantitative estimate of drug-likeness (QED) is 0.615. The molecule has 156 valence electrons. The lowest BCUT2D eigenvalue weighted by Gasteiger charge is -2.31. The molecule has 0 heterocycles. The monoisotopic (exact) mass is 414 g/mol. The Kier molecular flexibility index (Phi) is 9.20. The SMILES string of the molecule is CC[C@@H](C)NC(=O)[C@H](CC)N(CCc1ccccc1)C(=O)Cc1cccc(Cl)c1. The molecule has 1 N–H and O–H groups in total. The molecule has 0 fully saturated rings. The van der Waals surface area contributed by atoms with Gasteiger partial charge in [0.25, 0.3) is 0 Å². The van der Waals surface area contributed by atoms with Crippen LogP contribution in [-0.2, 0) is 22.4 Å². The highest BCUT2D eigenvalue weighted by Gasteiger charge is 2.28. The van der Waals surface area contributed by atoms with Crippen LogP contribution in [0.2, 0.25) is 5.02 Å². The van der Waals surface area contributed by atoms with E-state index in [4.69, 9.17) is 11.6 Å². The van der Waals surface area contributed by atoms with Gasteiger partial charge in [0, 0.05) is 17.6 Å². The Hall–Kier alpha value is -2.33. The van der Waals surface area contributed by atoms with Gasteiger partial charge in [-0.3, -0.25) is 9.59 Å². The summed E-state index contributed by atoms with van der Waals surface area (Å²) in [6.07, 6.45) is 2.35. The van der Waals surface area contributed by atoms with Crippen LogP contribution in [0.4, 0.5) is 0 Å². The summed E-state index contributed by atoms with van der Waals surface area (Å²) < 4.78 is 0. The number of halogens is 1. The molecule has 2 atom stereocenters. The van der Waals surface area contributed by atoms with E-state index in [1.807, 2.05) is 63.2 Å². The average molecular weight is 415 g/mol. The fourth-order valence-electron chi connectivity index (χ4n) is 3.26. The Balaban J connectivity index is 2.20. The zero-order valence-corrected chi connectivity index (χ0v) is 18.3. The average Bonchev–Trinajstić information content (AvgIpc) is 2.71. The van der Waals surface area contributed by atoms with Crippen LogP contribution in [-0.4, -0.2) is 35.3 Å². The first-order chi connectivity index (χ1) is 13.9. The minimum atomic E-state index is -0.487. The Morgan fingerprint density at radius 1 is 1.00 bits per heavy atom. The van der Waals surface area contributed by atoms with Gasteiger partial charge in [-0.05, 0) is 49.4 Å². The van der Waals surface area contributed by atoms with Crippen LogP contribution in [0.5, 0.6) is 0 Å². The van der Waals surface area contributed by atoms with Crippen LogP contribution in [0.3, 0.4) is 0 Å². The highest BCUT2D eigenvalue weighted by Crippen LogP contribution is 2.15. The second kappa shape index (κ2) is 11.6. The van der Waals surface area contributed by atoms with E-state index in [1.54, 1.807) is 17.0 Å². The summed E-state index contributed by atoms with van der Waals surface area (Å²) in [6, 6.07) is 16.9. The molecule has 2 aromatic rings. The highest BCUT2D eigenvalue weighted by atomic mass is 35.5. The molecule has 5 heteroatoms. The number of rotatable bonds is 10. The molecule has 2 aromatic carbocycles. The fourth-order valence-corrected chi connectivity index (χ4v) is 3.47. The summed E-state index contributed by atoms with van der Waals surface area (Å²) in [7, 11) is 0. The van der Waals surface area contributed by atoms with Gasteiger partial charge in [0.05, 0.1) is 6.42 Å². The predicted octanol–water partition coefficient (Wildman–Crippen LogP) is 4.65. The fraction of sp³-hybridized carbons (Fsp3) is 0.417. The van der Waals surface area contributed by atoms with Crippen molar-refractivity contribution in [3.8, 4) is 0 Å². The number of carbonyl (C=O) groups is 2. The highest BCUT2D eigenvalue weighted by molar-refractivity contribution is 6.30. The van der Waals surface area contributed by atoms with Crippen molar-refractivity contribution in [2.75, 3.05) is 6.54 Å². The summed E-state index contributed by atoms with van der Waals surface area (Å²) in [6.45, 7) is 6.45. The molecule has 0 radical (unpaired) electrons. The maximum atomic E-state index is 13.2. The third-order valence-electron chi connectivity index (χ3n) is 5.12. The largest absolute Gasteiger partial charge is 0.352 e. The van der Waals surface area contributed by atoms with E-state index in [0.29, 0.717) is 24.4 Å². The van der Waals surface area contributed by atoms with Crippen molar-refractivity contribution in [3.63, 3.8) is 0 Å². The molecular weight excluding hydrogens is 384 g/mol. The van der Waals surface area contributed by atoms with Crippen LogP contribution < -0.4 is 5.32 Å². The molecule has 0 bridgehead atoms. The predicted molar refractivity (Wildman–Crippen MR) is 119 cm³/mol. The van der Waals surface area contributed by atoms with Gasteiger partial charge in [0.15, 0.2) is 0 Å². The van der Waals surface area contributed by atoms with Gasteiger partial charge in [-0.15, -0.1) is 0 Å². The van der Waals surface area contributed by atoms with E-state index in [2.05, 4.69) is 5.32 Å². The third kappa shape index (κ3) is 7.21. The van der Waals surface area contributed by atoms with Gasteiger partial charge in [0.1, 0.15) is 6.04 Å². The number of benzene rings is 2. The van der Waals surface area contributed by atoms with Gasteiger partial charge in [-0.1, -0.05) is 67.9 Å². The van der Waals surface area contributed by atoms with E-state index in [9.17, 15) is 9.59 Å².